The SMILES string of the molecule is O=C(CCCn1c2ccc1c1ccccc12)c1ccc(F)cc1. The quantitative estimate of drug-likeness (QED) is 0.474. The number of aryl methyl sites for hydroxylation is 1. The molecule has 0 atom stereocenters. The van der Waals surface area contributed by atoms with Gasteiger partial charge in [0.2, 0.25) is 0 Å². The fourth-order valence-electron chi connectivity index (χ4n) is 3.29. The number of rotatable bonds is 5. The number of fused-ring (bicyclic) bond motifs is 5. The van der Waals surface area contributed by atoms with Crippen LogP contribution in [0.25, 0.3) is 21.8 Å². The number of Topliss-reactive ketones (excluding diaryl/α,β-unsaturated/α-hetero) is 1. The molecule has 4 aromatic rings. The smallest absolute Gasteiger partial charge is 0.162 e. The van der Waals surface area contributed by atoms with Crippen molar-refractivity contribution >= 4 is 27.6 Å². The number of carbonyl (C=O) groups excluding carboxylic acids is 1. The second-order valence-electron chi connectivity index (χ2n) is 5.83. The average Bonchev–Trinajstić information content (AvgIpc) is 3.12. The minimum Gasteiger partial charge on any atom is -0.340 e. The molecule has 0 aliphatic carbocycles. The van der Waals surface area contributed by atoms with Crippen molar-refractivity contribution in [2.24, 2.45) is 0 Å². The van der Waals surface area contributed by atoms with E-state index in [0.717, 1.165) is 13.0 Å². The molecule has 2 heterocycles. The fraction of sp³-hybridized carbons (Fsp3) is 0.150. The largest absolute Gasteiger partial charge is 0.340 e. The Labute approximate surface area is 133 Å². The second kappa shape index (κ2) is 5.51. The summed E-state index contributed by atoms with van der Waals surface area (Å²) in [7, 11) is 0. The van der Waals surface area contributed by atoms with Crippen molar-refractivity contribution in [3.63, 3.8) is 0 Å². The Hall–Kier alpha value is -2.68. The third kappa shape index (κ3) is 2.38. The third-order valence-electron chi connectivity index (χ3n) is 4.41. The zero-order valence-electron chi connectivity index (χ0n) is 12.6. The Kier molecular flexibility index (Phi) is 3.34. The number of ketones is 1. The summed E-state index contributed by atoms with van der Waals surface area (Å²) < 4.78 is 15.2. The van der Waals surface area contributed by atoms with Gasteiger partial charge in [0.15, 0.2) is 5.78 Å². The topological polar surface area (TPSA) is 22.0 Å². The molecule has 114 valence electrons. The molecule has 2 aromatic heterocycles. The molecule has 2 nitrogen and oxygen atoms in total. The van der Waals surface area contributed by atoms with Gasteiger partial charge in [0, 0.05) is 40.3 Å². The third-order valence-corrected chi connectivity index (χ3v) is 4.41. The van der Waals surface area contributed by atoms with Crippen LogP contribution in [0, 0.1) is 5.82 Å². The molecular weight excluding hydrogens is 289 g/mol. The Bertz CT molecular complexity index is 921. The van der Waals surface area contributed by atoms with Crippen molar-refractivity contribution in [1.29, 1.82) is 0 Å². The van der Waals surface area contributed by atoms with Crippen LogP contribution in [0.5, 0.6) is 0 Å². The van der Waals surface area contributed by atoms with Gasteiger partial charge in [-0.25, -0.2) is 4.39 Å². The maximum atomic E-state index is 12.9. The van der Waals surface area contributed by atoms with E-state index in [4.69, 9.17) is 0 Å². The predicted octanol–water partition coefficient (Wildman–Crippen LogP) is 5.03. The number of hydrogen-bond acceptors (Lipinski definition) is 1. The van der Waals surface area contributed by atoms with Gasteiger partial charge in [0.25, 0.3) is 0 Å². The average molecular weight is 305 g/mol. The summed E-state index contributed by atoms with van der Waals surface area (Å²) in [5.74, 6) is -0.246. The van der Waals surface area contributed by atoms with Gasteiger partial charge in [-0.3, -0.25) is 4.79 Å². The standard InChI is InChI=1S/C20H16FNO/c21-15-9-7-14(8-10-15)20(23)6-3-13-22-18-11-12-19(22)17-5-2-1-4-16(17)18/h1-2,4-5,7-12H,3,6,13H2. The van der Waals surface area contributed by atoms with E-state index in [1.54, 1.807) is 12.1 Å². The van der Waals surface area contributed by atoms with Crippen LogP contribution in [-0.4, -0.2) is 10.4 Å². The van der Waals surface area contributed by atoms with E-state index >= 15 is 0 Å². The van der Waals surface area contributed by atoms with Crippen LogP contribution in [0.2, 0.25) is 0 Å². The number of carbonyl (C=O) groups is 1. The zero-order valence-corrected chi connectivity index (χ0v) is 12.6. The van der Waals surface area contributed by atoms with Crippen molar-refractivity contribution in [2.45, 2.75) is 19.4 Å². The van der Waals surface area contributed by atoms with E-state index in [1.807, 2.05) is 0 Å². The van der Waals surface area contributed by atoms with Gasteiger partial charge in [0.05, 0.1) is 0 Å². The van der Waals surface area contributed by atoms with Crippen molar-refractivity contribution in [3.05, 3.63) is 72.0 Å². The van der Waals surface area contributed by atoms with Gasteiger partial charge >= 0.3 is 0 Å². The van der Waals surface area contributed by atoms with Crippen LogP contribution >= 0.6 is 0 Å². The summed E-state index contributed by atoms with van der Waals surface area (Å²) in [5.41, 5.74) is 3.03. The van der Waals surface area contributed by atoms with E-state index in [-0.39, 0.29) is 11.6 Å². The zero-order chi connectivity index (χ0) is 15.8. The minimum atomic E-state index is -0.313. The molecule has 2 aromatic carbocycles. The lowest BCUT2D eigenvalue weighted by atomic mass is 10.1. The number of benzene rings is 3. The molecule has 0 fully saturated rings. The molecule has 4 rings (SSSR count). The van der Waals surface area contributed by atoms with Crippen molar-refractivity contribution in [3.8, 4) is 0 Å². The van der Waals surface area contributed by atoms with Gasteiger partial charge in [-0.2, -0.15) is 0 Å². The molecule has 3 heteroatoms. The summed E-state index contributed by atoms with van der Waals surface area (Å²) in [6.45, 7) is 0.819. The number of aromatic nitrogens is 1. The lowest BCUT2D eigenvalue weighted by Gasteiger charge is -2.04. The fourth-order valence-corrected chi connectivity index (χ4v) is 3.29. The molecule has 0 amide bonds. The molecular formula is C20H16FNO. The first kappa shape index (κ1) is 13.9. The highest BCUT2D eigenvalue weighted by molar-refractivity contribution is 6.10. The Balaban J connectivity index is 1.48. The highest BCUT2D eigenvalue weighted by atomic mass is 19.1. The molecule has 0 saturated carbocycles. The first-order valence-corrected chi connectivity index (χ1v) is 7.82. The molecule has 0 aliphatic rings. The lowest BCUT2D eigenvalue weighted by molar-refractivity contribution is 0.0978. The summed E-state index contributed by atoms with van der Waals surface area (Å²) in [6, 6.07) is 18.4. The maximum Gasteiger partial charge on any atom is 0.162 e. The Morgan fingerprint density at radius 3 is 2.09 bits per heavy atom. The monoisotopic (exact) mass is 305 g/mol. The molecule has 0 spiro atoms. The van der Waals surface area contributed by atoms with Gasteiger partial charge in [-0.15, -0.1) is 0 Å². The Morgan fingerprint density at radius 2 is 1.48 bits per heavy atom. The molecule has 0 radical (unpaired) electrons. The number of nitrogens with zero attached hydrogens (tertiary/aromatic N) is 1. The molecule has 0 aliphatic heterocycles. The van der Waals surface area contributed by atoms with E-state index in [1.165, 1.54) is 33.9 Å². The molecule has 0 unspecified atom stereocenters. The molecule has 0 saturated heterocycles. The van der Waals surface area contributed by atoms with Crippen LogP contribution in [-0.2, 0) is 6.54 Å². The summed E-state index contributed by atoms with van der Waals surface area (Å²) in [6.07, 6.45) is 1.25. The summed E-state index contributed by atoms with van der Waals surface area (Å²) >= 11 is 0. The van der Waals surface area contributed by atoms with Gasteiger partial charge in [0.1, 0.15) is 5.82 Å². The highest BCUT2D eigenvalue weighted by Gasteiger charge is 2.12. The summed E-state index contributed by atoms with van der Waals surface area (Å²) in [4.78, 5) is 12.2. The molecule has 23 heavy (non-hydrogen) atoms. The van der Waals surface area contributed by atoms with Gasteiger partial charge < -0.3 is 4.57 Å². The Morgan fingerprint density at radius 1 is 0.870 bits per heavy atom. The van der Waals surface area contributed by atoms with E-state index in [9.17, 15) is 9.18 Å². The molecule has 0 N–H and O–H groups in total. The van der Waals surface area contributed by atoms with Crippen LogP contribution < -0.4 is 0 Å². The number of hydrogen-bond donors (Lipinski definition) is 0. The first-order valence-electron chi connectivity index (χ1n) is 7.82. The lowest BCUT2D eigenvalue weighted by Crippen LogP contribution is -2.02. The minimum absolute atomic E-state index is 0.0667. The first-order chi connectivity index (χ1) is 11.2. The van der Waals surface area contributed by atoms with Gasteiger partial charge in [-0.05, 0) is 42.8 Å². The normalized spacial score (nSPS) is 11.5. The second-order valence-corrected chi connectivity index (χ2v) is 5.83. The van der Waals surface area contributed by atoms with E-state index in [2.05, 4.69) is 41.0 Å². The van der Waals surface area contributed by atoms with Crippen molar-refractivity contribution in [1.82, 2.24) is 4.57 Å². The predicted molar refractivity (Wildman–Crippen MR) is 90.6 cm³/mol. The maximum absolute atomic E-state index is 12.9. The molecule has 2 bridgehead atoms. The van der Waals surface area contributed by atoms with E-state index in [0.29, 0.717) is 12.0 Å². The van der Waals surface area contributed by atoms with Gasteiger partial charge in [-0.1, -0.05) is 24.3 Å². The van der Waals surface area contributed by atoms with Crippen molar-refractivity contribution < 1.29 is 9.18 Å². The highest BCUT2D eigenvalue weighted by Crippen LogP contribution is 2.31. The van der Waals surface area contributed by atoms with Crippen molar-refractivity contribution in [2.75, 3.05) is 0 Å². The van der Waals surface area contributed by atoms with Crippen LogP contribution in [0.4, 0.5) is 4.39 Å². The summed E-state index contributed by atoms with van der Waals surface area (Å²) in [5, 5.41) is 2.55. The van der Waals surface area contributed by atoms with E-state index < -0.39 is 0 Å². The number of halogens is 1. The van der Waals surface area contributed by atoms with Crippen LogP contribution in [0.15, 0.2) is 60.7 Å². The van der Waals surface area contributed by atoms with Crippen LogP contribution in [0.3, 0.4) is 0 Å². The van der Waals surface area contributed by atoms with Crippen LogP contribution in [0.1, 0.15) is 23.2 Å².